The van der Waals surface area contributed by atoms with E-state index in [0.717, 1.165) is 11.1 Å². The van der Waals surface area contributed by atoms with Gasteiger partial charge in [0, 0.05) is 25.7 Å². The standard InChI is InChI=1S/C32H38O7/c1-19(2)32(36)18-27(37-22(5)33)31(6)26(39-30(35)23-10-8-7-9-11-23)17-21(4)16-25(28(31)32)38-29(34)24-14-12-20(3)13-15-24/h7-15,17,19,25-28,36H,16,18H2,1-6H3. The zero-order valence-electron chi connectivity index (χ0n) is 23.5. The van der Waals surface area contributed by atoms with E-state index in [1.54, 1.807) is 36.4 Å². The van der Waals surface area contributed by atoms with Gasteiger partial charge in [0.15, 0.2) is 0 Å². The molecule has 6 atom stereocenters. The van der Waals surface area contributed by atoms with E-state index < -0.39 is 53.2 Å². The first-order chi connectivity index (χ1) is 18.4. The van der Waals surface area contributed by atoms with Crippen LogP contribution in [0.5, 0.6) is 0 Å². The van der Waals surface area contributed by atoms with Gasteiger partial charge in [0.2, 0.25) is 0 Å². The maximum absolute atomic E-state index is 13.3. The minimum Gasteiger partial charge on any atom is -0.462 e. The maximum atomic E-state index is 13.3. The Morgan fingerprint density at radius 2 is 1.49 bits per heavy atom. The molecule has 1 saturated carbocycles. The van der Waals surface area contributed by atoms with Gasteiger partial charge in [-0.05, 0) is 50.1 Å². The summed E-state index contributed by atoms with van der Waals surface area (Å²) in [6.07, 6.45) is -0.0987. The zero-order chi connectivity index (χ0) is 28.5. The lowest BCUT2D eigenvalue weighted by molar-refractivity contribution is -0.161. The van der Waals surface area contributed by atoms with E-state index >= 15 is 0 Å². The Balaban J connectivity index is 1.80. The molecule has 2 aromatic rings. The largest absolute Gasteiger partial charge is 0.462 e. The quantitative estimate of drug-likeness (QED) is 0.299. The summed E-state index contributed by atoms with van der Waals surface area (Å²) in [5, 5.41) is 12.2. The highest BCUT2D eigenvalue weighted by molar-refractivity contribution is 5.90. The maximum Gasteiger partial charge on any atom is 0.338 e. The van der Waals surface area contributed by atoms with Gasteiger partial charge in [0.25, 0.3) is 0 Å². The number of fused-ring (bicyclic) bond motifs is 1. The molecule has 1 N–H and O–H groups in total. The molecule has 0 bridgehead atoms. The molecule has 0 aliphatic heterocycles. The molecule has 2 aromatic carbocycles. The van der Waals surface area contributed by atoms with Crippen molar-refractivity contribution in [2.75, 3.05) is 0 Å². The van der Waals surface area contributed by atoms with Crippen LogP contribution in [0.15, 0.2) is 66.2 Å². The molecule has 0 radical (unpaired) electrons. The summed E-state index contributed by atoms with van der Waals surface area (Å²) in [6, 6.07) is 15.8. The van der Waals surface area contributed by atoms with Gasteiger partial charge in [-0.3, -0.25) is 4.79 Å². The topological polar surface area (TPSA) is 99.1 Å². The van der Waals surface area contributed by atoms with Crippen molar-refractivity contribution in [2.45, 2.75) is 78.3 Å². The van der Waals surface area contributed by atoms with Crippen molar-refractivity contribution in [1.29, 1.82) is 0 Å². The van der Waals surface area contributed by atoms with Crippen molar-refractivity contribution in [3.8, 4) is 0 Å². The predicted octanol–water partition coefficient (Wildman–Crippen LogP) is 5.44. The summed E-state index contributed by atoms with van der Waals surface area (Å²) >= 11 is 0. The third-order valence-electron chi connectivity index (χ3n) is 8.46. The average Bonchev–Trinajstić information content (AvgIpc) is 3.04. The molecule has 2 aliphatic carbocycles. The summed E-state index contributed by atoms with van der Waals surface area (Å²) in [5.41, 5.74) is 0.184. The first-order valence-corrected chi connectivity index (χ1v) is 13.5. The summed E-state index contributed by atoms with van der Waals surface area (Å²) in [5.74, 6) is -2.50. The van der Waals surface area contributed by atoms with Crippen molar-refractivity contribution in [2.24, 2.45) is 17.3 Å². The van der Waals surface area contributed by atoms with Gasteiger partial charge in [-0.25, -0.2) is 9.59 Å². The third kappa shape index (κ3) is 5.50. The Bertz CT molecular complexity index is 1250. The smallest absolute Gasteiger partial charge is 0.338 e. The number of carbonyl (C=O) groups excluding carboxylic acids is 3. The Morgan fingerprint density at radius 1 is 0.897 bits per heavy atom. The van der Waals surface area contributed by atoms with Gasteiger partial charge in [-0.1, -0.05) is 62.2 Å². The molecule has 4 rings (SSSR count). The molecule has 0 amide bonds. The molecule has 0 aromatic heterocycles. The van der Waals surface area contributed by atoms with E-state index in [4.69, 9.17) is 14.2 Å². The van der Waals surface area contributed by atoms with Crippen LogP contribution in [0.2, 0.25) is 0 Å². The van der Waals surface area contributed by atoms with Crippen LogP contribution < -0.4 is 0 Å². The van der Waals surface area contributed by atoms with Gasteiger partial charge in [-0.15, -0.1) is 0 Å². The highest BCUT2D eigenvalue weighted by Gasteiger charge is 2.69. The van der Waals surface area contributed by atoms with E-state index in [1.165, 1.54) is 6.92 Å². The average molecular weight is 535 g/mol. The van der Waals surface area contributed by atoms with E-state index in [-0.39, 0.29) is 12.3 Å². The van der Waals surface area contributed by atoms with Gasteiger partial charge >= 0.3 is 17.9 Å². The number of ether oxygens (including phenoxy) is 3. The first kappa shape index (κ1) is 28.6. The Hall–Kier alpha value is -3.45. The summed E-state index contributed by atoms with van der Waals surface area (Å²) in [4.78, 5) is 38.8. The number of esters is 3. The minimum atomic E-state index is -1.37. The van der Waals surface area contributed by atoms with Crippen molar-refractivity contribution in [3.63, 3.8) is 0 Å². The Kier molecular flexibility index (Phi) is 8.03. The minimum absolute atomic E-state index is 0.121. The van der Waals surface area contributed by atoms with Gasteiger partial charge in [0.1, 0.15) is 18.3 Å². The molecule has 6 unspecified atom stereocenters. The third-order valence-corrected chi connectivity index (χ3v) is 8.46. The molecule has 7 nitrogen and oxygen atoms in total. The second-order valence-electron chi connectivity index (χ2n) is 11.5. The molecule has 2 aliphatic rings. The molecule has 1 fully saturated rings. The number of aryl methyl sites for hydroxylation is 1. The molecule has 0 spiro atoms. The van der Waals surface area contributed by atoms with Crippen LogP contribution in [-0.4, -0.2) is 46.9 Å². The molecule has 39 heavy (non-hydrogen) atoms. The van der Waals surface area contributed by atoms with Gasteiger partial charge in [0.05, 0.1) is 22.1 Å². The highest BCUT2D eigenvalue weighted by atomic mass is 16.6. The van der Waals surface area contributed by atoms with Crippen LogP contribution in [0.1, 0.15) is 73.7 Å². The fourth-order valence-electron chi connectivity index (χ4n) is 6.29. The Labute approximate surface area is 230 Å². The summed E-state index contributed by atoms with van der Waals surface area (Å²) in [7, 11) is 0. The van der Waals surface area contributed by atoms with Crippen molar-refractivity contribution < 1.29 is 33.7 Å². The molecule has 0 heterocycles. The Morgan fingerprint density at radius 3 is 2.08 bits per heavy atom. The molecule has 0 saturated heterocycles. The molecular formula is C32H38O7. The predicted molar refractivity (Wildman–Crippen MR) is 146 cm³/mol. The fraction of sp³-hybridized carbons (Fsp3) is 0.469. The van der Waals surface area contributed by atoms with Crippen LogP contribution >= 0.6 is 0 Å². The number of hydrogen-bond donors (Lipinski definition) is 1. The van der Waals surface area contributed by atoms with Crippen LogP contribution in [-0.2, 0) is 19.0 Å². The number of aliphatic hydroxyl groups is 1. The molecule has 7 heteroatoms. The van der Waals surface area contributed by atoms with Crippen molar-refractivity contribution >= 4 is 17.9 Å². The van der Waals surface area contributed by atoms with Crippen LogP contribution in [0.25, 0.3) is 0 Å². The van der Waals surface area contributed by atoms with Gasteiger partial charge < -0.3 is 19.3 Å². The van der Waals surface area contributed by atoms with Crippen LogP contribution in [0.4, 0.5) is 0 Å². The lowest BCUT2D eigenvalue weighted by Crippen LogP contribution is -2.55. The highest BCUT2D eigenvalue weighted by Crippen LogP contribution is 2.60. The van der Waals surface area contributed by atoms with E-state index in [1.807, 2.05) is 58.9 Å². The summed E-state index contributed by atoms with van der Waals surface area (Å²) < 4.78 is 18.1. The van der Waals surface area contributed by atoms with E-state index in [0.29, 0.717) is 17.5 Å². The summed E-state index contributed by atoms with van der Waals surface area (Å²) in [6.45, 7) is 10.8. The van der Waals surface area contributed by atoms with E-state index in [9.17, 15) is 19.5 Å². The number of hydrogen-bond acceptors (Lipinski definition) is 7. The number of carbonyl (C=O) groups is 3. The van der Waals surface area contributed by atoms with Gasteiger partial charge in [-0.2, -0.15) is 0 Å². The van der Waals surface area contributed by atoms with Crippen LogP contribution in [0.3, 0.4) is 0 Å². The first-order valence-electron chi connectivity index (χ1n) is 13.5. The zero-order valence-corrected chi connectivity index (χ0v) is 23.5. The van der Waals surface area contributed by atoms with Crippen molar-refractivity contribution in [3.05, 3.63) is 82.9 Å². The lowest BCUT2D eigenvalue weighted by atomic mass is 9.66. The molecular weight excluding hydrogens is 496 g/mol. The van der Waals surface area contributed by atoms with Crippen LogP contribution in [0, 0.1) is 24.2 Å². The normalized spacial score (nSPS) is 30.1. The molecule has 208 valence electrons. The SMILES string of the molecule is CC(=O)OC1CC(O)(C(C)C)C2C(OC(=O)c3ccc(C)cc3)CC(C)=CC(OC(=O)c3ccccc3)C12C. The number of benzene rings is 2. The van der Waals surface area contributed by atoms with E-state index in [2.05, 4.69) is 0 Å². The fourth-order valence-corrected chi connectivity index (χ4v) is 6.29. The van der Waals surface area contributed by atoms with Crippen molar-refractivity contribution in [1.82, 2.24) is 0 Å². The number of rotatable bonds is 6. The second kappa shape index (κ2) is 11.0. The second-order valence-corrected chi connectivity index (χ2v) is 11.5. The monoisotopic (exact) mass is 534 g/mol. The lowest BCUT2D eigenvalue weighted by Gasteiger charge is -2.45.